The van der Waals surface area contributed by atoms with Crippen molar-refractivity contribution in [3.05, 3.63) is 77.6 Å². The van der Waals surface area contributed by atoms with Crippen LogP contribution in [0, 0.1) is 5.41 Å². The van der Waals surface area contributed by atoms with Gasteiger partial charge in [0.2, 0.25) is 5.91 Å². The fourth-order valence-corrected chi connectivity index (χ4v) is 2.96. The van der Waals surface area contributed by atoms with Gasteiger partial charge in [-0.15, -0.1) is 0 Å². The van der Waals surface area contributed by atoms with Crippen LogP contribution in [0.1, 0.15) is 28.5 Å². The lowest BCUT2D eigenvalue weighted by atomic mass is 10.1. The van der Waals surface area contributed by atoms with Gasteiger partial charge >= 0.3 is 0 Å². The van der Waals surface area contributed by atoms with Crippen LogP contribution >= 0.6 is 0 Å². The highest BCUT2D eigenvalue weighted by Gasteiger charge is 2.18. The van der Waals surface area contributed by atoms with Gasteiger partial charge in [-0.25, -0.2) is 0 Å². The molecule has 0 fully saturated rings. The summed E-state index contributed by atoms with van der Waals surface area (Å²) in [5, 5.41) is 12.9. The van der Waals surface area contributed by atoms with E-state index in [0.29, 0.717) is 17.8 Å². The van der Waals surface area contributed by atoms with E-state index in [1.807, 2.05) is 24.3 Å². The lowest BCUT2D eigenvalue weighted by Crippen LogP contribution is -2.44. The molecule has 0 bridgehead atoms. The van der Waals surface area contributed by atoms with Crippen molar-refractivity contribution in [1.29, 1.82) is 5.41 Å². The first kappa shape index (κ1) is 21.6. The highest BCUT2D eigenvalue weighted by atomic mass is 16.5. The van der Waals surface area contributed by atoms with E-state index in [1.54, 1.807) is 50.6 Å². The lowest BCUT2D eigenvalue weighted by molar-refractivity contribution is -0.122. The molecular weight excluding hydrogens is 394 g/mol. The summed E-state index contributed by atoms with van der Waals surface area (Å²) in [6, 6.07) is 15.6. The third-order valence-corrected chi connectivity index (χ3v) is 4.82. The molecule has 1 aromatic heterocycles. The molecule has 0 aliphatic rings. The molecule has 0 saturated carbocycles. The molecule has 8 nitrogen and oxygen atoms in total. The van der Waals surface area contributed by atoms with E-state index in [0.717, 1.165) is 22.4 Å². The Morgan fingerprint density at radius 1 is 1.10 bits per heavy atom. The van der Waals surface area contributed by atoms with Crippen molar-refractivity contribution < 1.29 is 14.3 Å². The van der Waals surface area contributed by atoms with Crippen molar-refractivity contribution in [3.63, 3.8) is 0 Å². The summed E-state index contributed by atoms with van der Waals surface area (Å²) in [6.07, 6.45) is 1.74. The predicted molar refractivity (Wildman–Crippen MR) is 119 cm³/mol. The van der Waals surface area contributed by atoms with Crippen LogP contribution in [0.3, 0.4) is 0 Å². The second kappa shape index (κ2) is 9.62. The number of ether oxygens (including phenoxy) is 1. The SMILES string of the molecule is COc1ccc(-c2c[nH]c(C(=O)N[C@@H](C)C(=O)NCc3ccc(C(=N)N)cc3)c2)cc1. The molecule has 3 rings (SSSR count). The summed E-state index contributed by atoms with van der Waals surface area (Å²) >= 11 is 0. The van der Waals surface area contributed by atoms with Crippen molar-refractivity contribution in [3.8, 4) is 16.9 Å². The normalized spacial score (nSPS) is 11.4. The summed E-state index contributed by atoms with van der Waals surface area (Å²) in [4.78, 5) is 27.8. The van der Waals surface area contributed by atoms with Crippen LogP contribution in [-0.4, -0.2) is 35.8 Å². The van der Waals surface area contributed by atoms with Crippen LogP contribution < -0.4 is 21.1 Å². The fraction of sp³-hybridized carbons (Fsp3) is 0.174. The number of nitrogen functional groups attached to an aromatic ring is 1. The Labute approximate surface area is 180 Å². The van der Waals surface area contributed by atoms with Gasteiger partial charge in [-0.1, -0.05) is 36.4 Å². The smallest absolute Gasteiger partial charge is 0.268 e. The monoisotopic (exact) mass is 419 g/mol. The van der Waals surface area contributed by atoms with E-state index in [-0.39, 0.29) is 17.6 Å². The molecule has 3 aromatic rings. The molecule has 160 valence electrons. The zero-order valence-electron chi connectivity index (χ0n) is 17.4. The minimum Gasteiger partial charge on any atom is -0.497 e. The molecule has 0 saturated heterocycles. The molecule has 0 unspecified atom stereocenters. The average molecular weight is 419 g/mol. The van der Waals surface area contributed by atoms with Crippen LogP contribution in [0.25, 0.3) is 11.1 Å². The van der Waals surface area contributed by atoms with Crippen LogP contribution in [0.5, 0.6) is 5.75 Å². The largest absolute Gasteiger partial charge is 0.497 e. The topological polar surface area (TPSA) is 133 Å². The maximum atomic E-state index is 12.5. The zero-order chi connectivity index (χ0) is 22.4. The Morgan fingerprint density at radius 2 is 1.77 bits per heavy atom. The summed E-state index contributed by atoms with van der Waals surface area (Å²) < 4.78 is 5.15. The molecule has 1 heterocycles. The van der Waals surface area contributed by atoms with Crippen molar-refractivity contribution in [2.75, 3.05) is 7.11 Å². The number of H-pyrrole nitrogens is 1. The number of aromatic amines is 1. The predicted octanol–water partition coefficient (Wildman–Crippen LogP) is 2.41. The van der Waals surface area contributed by atoms with Gasteiger partial charge in [0.05, 0.1) is 7.11 Å². The van der Waals surface area contributed by atoms with Crippen LogP contribution in [0.15, 0.2) is 60.8 Å². The Bertz CT molecular complexity index is 1070. The number of methoxy groups -OCH3 is 1. The van der Waals surface area contributed by atoms with Gasteiger partial charge in [0.25, 0.3) is 5.91 Å². The number of hydrogen-bond donors (Lipinski definition) is 5. The van der Waals surface area contributed by atoms with E-state index in [1.165, 1.54) is 0 Å². The number of amides is 2. The zero-order valence-corrected chi connectivity index (χ0v) is 17.4. The number of benzene rings is 2. The first-order valence-corrected chi connectivity index (χ1v) is 9.72. The van der Waals surface area contributed by atoms with E-state index < -0.39 is 6.04 Å². The standard InChI is InChI=1S/C23H25N5O3/c1-14(22(29)27-12-15-3-5-17(6-4-15)21(24)25)28-23(30)20-11-18(13-26-20)16-7-9-19(31-2)10-8-16/h3-11,13-14,26H,12H2,1-2H3,(H3,24,25)(H,27,29)(H,28,30)/t14-/m0/s1. The molecule has 0 radical (unpaired) electrons. The Morgan fingerprint density at radius 3 is 2.39 bits per heavy atom. The maximum Gasteiger partial charge on any atom is 0.268 e. The molecular formula is C23H25N5O3. The average Bonchev–Trinajstić information content (AvgIpc) is 3.28. The molecule has 0 aliphatic carbocycles. The van der Waals surface area contributed by atoms with Crippen molar-refractivity contribution in [2.24, 2.45) is 5.73 Å². The van der Waals surface area contributed by atoms with Gasteiger partial charge in [0.15, 0.2) is 0 Å². The molecule has 0 spiro atoms. The third kappa shape index (κ3) is 5.51. The number of aromatic nitrogens is 1. The molecule has 8 heteroatoms. The Balaban J connectivity index is 1.54. The third-order valence-electron chi connectivity index (χ3n) is 4.82. The number of nitrogens with one attached hydrogen (secondary N) is 4. The van der Waals surface area contributed by atoms with Gasteiger partial charge in [0, 0.05) is 18.3 Å². The molecule has 0 aliphatic heterocycles. The molecule has 2 aromatic carbocycles. The van der Waals surface area contributed by atoms with Crippen molar-refractivity contribution in [2.45, 2.75) is 19.5 Å². The minimum absolute atomic E-state index is 0.00798. The minimum atomic E-state index is -0.711. The first-order chi connectivity index (χ1) is 14.9. The van der Waals surface area contributed by atoms with Gasteiger partial charge < -0.3 is 26.1 Å². The van der Waals surface area contributed by atoms with Gasteiger partial charge in [-0.05, 0) is 41.8 Å². The van der Waals surface area contributed by atoms with Crippen LogP contribution in [-0.2, 0) is 11.3 Å². The van der Waals surface area contributed by atoms with Crippen LogP contribution in [0.2, 0.25) is 0 Å². The lowest BCUT2D eigenvalue weighted by Gasteiger charge is -2.14. The number of amidine groups is 1. The fourth-order valence-electron chi connectivity index (χ4n) is 2.96. The van der Waals surface area contributed by atoms with E-state index in [4.69, 9.17) is 15.9 Å². The van der Waals surface area contributed by atoms with E-state index >= 15 is 0 Å². The molecule has 6 N–H and O–H groups in total. The molecule has 2 amide bonds. The van der Waals surface area contributed by atoms with Crippen molar-refractivity contribution in [1.82, 2.24) is 15.6 Å². The van der Waals surface area contributed by atoms with Gasteiger partial charge in [-0.2, -0.15) is 0 Å². The number of rotatable bonds is 8. The second-order valence-corrected chi connectivity index (χ2v) is 7.05. The molecule has 31 heavy (non-hydrogen) atoms. The summed E-state index contributed by atoms with van der Waals surface area (Å²) in [5.41, 5.74) is 9.09. The van der Waals surface area contributed by atoms with Crippen molar-refractivity contribution >= 4 is 17.6 Å². The second-order valence-electron chi connectivity index (χ2n) is 7.05. The summed E-state index contributed by atoms with van der Waals surface area (Å²) in [6.45, 7) is 1.93. The van der Waals surface area contributed by atoms with Gasteiger partial charge in [0.1, 0.15) is 23.3 Å². The summed E-state index contributed by atoms with van der Waals surface area (Å²) in [7, 11) is 1.61. The highest BCUT2D eigenvalue weighted by molar-refractivity contribution is 5.97. The number of carbonyl (C=O) groups excluding carboxylic acids is 2. The van der Waals surface area contributed by atoms with E-state index in [2.05, 4.69) is 15.6 Å². The quantitative estimate of drug-likeness (QED) is 0.283. The Kier molecular flexibility index (Phi) is 6.71. The van der Waals surface area contributed by atoms with E-state index in [9.17, 15) is 9.59 Å². The van der Waals surface area contributed by atoms with Crippen LogP contribution in [0.4, 0.5) is 0 Å². The first-order valence-electron chi connectivity index (χ1n) is 9.72. The summed E-state index contributed by atoms with van der Waals surface area (Å²) in [5.74, 6) is 0.0809. The molecule has 1 atom stereocenters. The van der Waals surface area contributed by atoms with Gasteiger partial charge in [-0.3, -0.25) is 15.0 Å². The maximum absolute atomic E-state index is 12.5. The number of carbonyl (C=O) groups is 2. The Hall–Kier alpha value is -4.07. The highest BCUT2D eigenvalue weighted by Crippen LogP contribution is 2.23. The number of nitrogens with two attached hydrogens (primary N) is 1. The number of hydrogen-bond acceptors (Lipinski definition) is 4.